The highest BCUT2D eigenvalue weighted by atomic mass is 32.1. The summed E-state index contributed by atoms with van der Waals surface area (Å²) >= 11 is 0.790. The molecule has 12 heteroatoms. The predicted octanol–water partition coefficient (Wildman–Crippen LogP) is 4.45. The van der Waals surface area contributed by atoms with Crippen molar-refractivity contribution in [2.75, 3.05) is 38.6 Å². The van der Waals surface area contributed by atoms with Crippen molar-refractivity contribution < 1.29 is 32.6 Å². The highest BCUT2D eigenvalue weighted by Gasteiger charge is 2.23. The summed E-state index contributed by atoms with van der Waals surface area (Å²) in [6.45, 7) is 4.82. The van der Waals surface area contributed by atoms with Crippen LogP contribution >= 0.6 is 11.5 Å². The van der Waals surface area contributed by atoms with Crippen molar-refractivity contribution in [2.45, 2.75) is 39.2 Å². The van der Waals surface area contributed by atoms with Gasteiger partial charge in [0.2, 0.25) is 5.75 Å². The molecule has 0 bridgehead atoms. The number of hydrogen-bond donors (Lipinski definition) is 2. The molecule has 1 fully saturated rings. The van der Waals surface area contributed by atoms with Crippen LogP contribution in [-0.4, -0.2) is 54.7 Å². The third-order valence-electron chi connectivity index (χ3n) is 5.22. The summed E-state index contributed by atoms with van der Waals surface area (Å²) in [7, 11) is 1.11. The van der Waals surface area contributed by atoms with Crippen LogP contribution in [0, 0.1) is 18.6 Å². The zero-order chi connectivity index (χ0) is 24.5. The number of aryl methyl sites for hydroxylation is 1. The molecule has 2 aromatic rings. The second-order valence-corrected chi connectivity index (χ2v) is 8.61. The number of ether oxygens (including phenoxy) is 3. The molecular weight excluding hydrogens is 470 g/mol. The SMILES string of the molecule is COC(=O)Oc1c(OCc2c(F)cc(C)cc2F)nsc1NC(=O)NCCCCN1CCCC1. The van der Waals surface area contributed by atoms with Crippen LogP contribution in [-0.2, 0) is 11.3 Å². The quantitative estimate of drug-likeness (QED) is 0.369. The molecule has 2 N–H and O–H groups in total. The standard InChI is InChI=1S/C22H28F2N4O5S/c1-14-11-16(23)15(17(24)12-14)13-32-19-18(33-22(30)31-2)20(34-27-19)26-21(29)25-7-3-4-8-28-9-5-6-10-28/h11-12H,3-10,13H2,1-2H3,(H2,25,26,29). The number of aromatic nitrogens is 1. The molecule has 3 rings (SSSR count). The fourth-order valence-electron chi connectivity index (χ4n) is 3.48. The first-order valence-electron chi connectivity index (χ1n) is 11.0. The lowest BCUT2D eigenvalue weighted by Crippen LogP contribution is -2.30. The average molecular weight is 499 g/mol. The molecular formula is C22H28F2N4O5S. The first-order chi connectivity index (χ1) is 16.4. The Labute approximate surface area is 200 Å². The maximum Gasteiger partial charge on any atom is 0.513 e. The number of methoxy groups -OCH3 is 1. The molecule has 1 saturated heterocycles. The summed E-state index contributed by atoms with van der Waals surface area (Å²) < 4.78 is 47.2. The van der Waals surface area contributed by atoms with Crippen LogP contribution in [0.15, 0.2) is 12.1 Å². The lowest BCUT2D eigenvalue weighted by atomic mass is 10.1. The molecule has 0 aliphatic carbocycles. The van der Waals surface area contributed by atoms with E-state index in [1.165, 1.54) is 25.0 Å². The van der Waals surface area contributed by atoms with Crippen molar-refractivity contribution in [3.63, 3.8) is 0 Å². The normalized spacial score (nSPS) is 13.5. The third kappa shape index (κ3) is 7.26. The molecule has 1 aliphatic heterocycles. The van der Waals surface area contributed by atoms with Gasteiger partial charge in [-0.1, -0.05) is 0 Å². The molecule has 2 heterocycles. The average Bonchev–Trinajstić information content (AvgIpc) is 3.43. The van der Waals surface area contributed by atoms with Crippen molar-refractivity contribution in [1.82, 2.24) is 14.6 Å². The monoisotopic (exact) mass is 498 g/mol. The van der Waals surface area contributed by atoms with Crippen molar-refractivity contribution >= 4 is 28.7 Å². The number of benzene rings is 1. The number of likely N-dealkylation sites (tertiary alicyclic amines) is 1. The topological polar surface area (TPSA) is 102 Å². The number of unbranched alkanes of at least 4 members (excludes halogenated alkanes) is 1. The number of halogens is 2. The minimum absolute atomic E-state index is 0.0832. The smallest absolute Gasteiger partial charge is 0.469 e. The van der Waals surface area contributed by atoms with E-state index >= 15 is 0 Å². The van der Waals surface area contributed by atoms with Crippen LogP contribution in [0.1, 0.15) is 36.8 Å². The Bertz CT molecular complexity index is 975. The molecule has 0 atom stereocenters. The van der Waals surface area contributed by atoms with Crippen molar-refractivity contribution in [3.05, 3.63) is 34.9 Å². The van der Waals surface area contributed by atoms with Crippen molar-refractivity contribution in [3.8, 4) is 11.6 Å². The van der Waals surface area contributed by atoms with E-state index in [0.29, 0.717) is 12.1 Å². The van der Waals surface area contributed by atoms with Crippen molar-refractivity contribution in [1.29, 1.82) is 0 Å². The summed E-state index contributed by atoms with van der Waals surface area (Å²) in [6, 6.07) is 1.84. The summed E-state index contributed by atoms with van der Waals surface area (Å²) in [4.78, 5) is 26.4. The van der Waals surface area contributed by atoms with Crippen LogP contribution in [0.3, 0.4) is 0 Å². The highest BCUT2D eigenvalue weighted by Crippen LogP contribution is 2.39. The number of nitrogens with one attached hydrogen (secondary N) is 2. The zero-order valence-electron chi connectivity index (χ0n) is 19.1. The second-order valence-electron chi connectivity index (χ2n) is 7.83. The maximum absolute atomic E-state index is 14.1. The van der Waals surface area contributed by atoms with Crippen LogP contribution in [0.4, 0.5) is 23.4 Å². The lowest BCUT2D eigenvalue weighted by Gasteiger charge is -2.14. The number of urea groups is 1. The molecule has 186 valence electrons. The summed E-state index contributed by atoms with van der Waals surface area (Å²) in [6.07, 6.45) is 3.21. The van der Waals surface area contributed by atoms with E-state index in [4.69, 9.17) is 9.47 Å². The Kier molecular flexibility index (Phi) is 9.40. The third-order valence-corrected chi connectivity index (χ3v) is 5.95. The predicted molar refractivity (Wildman–Crippen MR) is 123 cm³/mol. The number of rotatable bonds is 10. The van der Waals surface area contributed by atoms with Gasteiger partial charge in [0.05, 0.1) is 12.7 Å². The largest absolute Gasteiger partial charge is 0.513 e. The van der Waals surface area contributed by atoms with Crippen LogP contribution in [0.25, 0.3) is 0 Å². The molecule has 2 amide bonds. The van der Waals surface area contributed by atoms with Gasteiger partial charge < -0.3 is 24.4 Å². The molecule has 1 aromatic carbocycles. The first kappa shape index (κ1) is 25.6. The Morgan fingerprint density at radius 1 is 1.18 bits per heavy atom. The summed E-state index contributed by atoms with van der Waals surface area (Å²) in [5.41, 5.74) is 0.125. The summed E-state index contributed by atoms with van der Waals surface area (Å²) in [5, 5.41) is 5.38. The number of amides is 2. The second kappa shape index (κ2) is 12.5. The molecule has 0 saturated carbocycles. The van der Waals surface area contributed by atoms with Gasteiger partial charge in [0.1, 0.15) is 18.2 Å². The first-order valence-corrected chi connectivity index (χ1v) is 11.7. The maximum atomic E-state index is 14.1. The van der Waals surface area contributed by atoms with Crippen molar-refractivity contribution in [2.24, 2.45) is 0 Å². The van der Waals surface area contributed by atoms with E-state index in [0.717, 1.165) is 51.1 Å². The number of nitrogens with zero attached hydrogens (tertiary/aromatic N) is 2. The Balaban J connectivity index is 1.57. The number of carbonyl (C=O) groups excluding carboxylic acids is 2. The van der Waals surface area contributed by atoms with Gasteiger partial charge in [-0.05, 0) is 81.5 Å². The number of anilines is 1. The fraction of sp³-hybridized carbons (Fsp3) is 0.500. The van der Waals surface area contributed by atoms with Gasteiger partial charge in [0, 0.05) is 6.54 Å². The Morgan fingerprint density at radius 2 is 1.88 bits per heavy atom. The van der Waals surface area contributed by atoms with Crippen LogP contribution in [0.5, 0.6) is 11.6 Å². The van der Waals surface area contributed by atoms with E-state index in [1.54, 1.807) is 6.92 Å². The molecule has 1 aliphatic rings. The Morgan fingerprint density at radius 3 is 2.56 bits per heavy atom. The molecule has 34 heavy (non-hydrogen) atoms. The molecule has 0 radical (unpaired) electrons. The van der Waals surface area contributed by atoms with E-state index in [2.05, 4.69) is 24.6 Å². The molecule has 1 aromatic heterocycles. The fourth-order valence-corrected chi connectivity index (χ4v) is 4.14. The van der Waals surface area contributed by atoms with E-state index in [1.807, 2.05) is 0 Å². The minimum Gasteiger partial charge on any atom is -0.469 e. The van der Waals surface area contributed by atoms with Crippen LogP contribution < -0.4 is 20.1 Å². The van der Waals surface area contributed by atoms with Gasteiger partial charge >= 0.3 is 12.2 Å². The summed E-state index contributed by atoms with van der Waals surface area (Å²) in [5.74, 6) is -1.97. The molecule has 0 spiro atoms. The molecule has 9 nitrogen and oxygen atoms in total. The van der Waals surface area contributed by atoms with Crippen LogP contribution in [0.2, 0.25) is 0 Å². The lowest BCUT2D eigenvalue weighted by molar-refractivity contribution is 0.119. The van der Waals surface area contributed by atoms with E-state index < -0.39 is 30.4 Å². The van der Waals surface area contributed by atoms with Gasteiger partial charge in [-0.2, -0.15) is 0 Å². The van der Waals surface area contributed by atoms with Gasteiger partial charge in [0.15, 0.2) is 5.00 Å². The Hall–Kier alpha value is -2.99. The van der Waals surface area contributed by atoms with Gasteiger partial charge in [0.25, 0.3) is 5.88 Å². The number of hydrogen-bond acceptors (Lipinski definition) is 8. The van der Waals surface area contributed by atoms with E-state index in [9.17, 15) is 18.4 Å². The van der Waals surface area contributed by atoms with E-state index in [-0.39, 0.29) is 22.2 Å². The highest BCUT2D eigenvalue weighted by molar-refractivity contribution is 7.11. The zero-order valence-corrected chi connectivity index (χ0v) is 19.9. The minimum atomic E-state index is -1.07. The number of carbonyl (C=O) groups is 2. The molecule has 0 unspecified atom stereocenters. The van der Waals surface area contributed by atoms with Gasteiger partial charge in [-0.25, -0.2) is 18.4 Å². The van der Waals surface area contributed by atoms with Gasteiger partial charge in [-0.3, -0.25) is 5.32 Å². The van der Waals surface area contributed by atoms with Gasteiger partial charge in [-0.15, -0.1) is 4.37 Å².